The van der Waals surface area contributed by atoms with Crippen LogP contribution in [0.2, 0.25) is 0 Å². The van der Waals surface area contributed by atoms with Gasteiger partial charge in [-0.05, 0) is 20.3 Å². The van der Waals surface area contributed by atoms with Crippen LogP contribution in [0.15, 0.2) is 0 Å². The van der Waals surface area contributed by atoms with Gasteiger partial charge in [-0.25, -0.2) is 26.0 Å². The summed E-state index contributed by atoms with van der Waals surface area (Å²) in [5.41, 5.74) is -1.26. The fourth-order valence-electron chi connectivity index (χ4n) is 1.83. The van der Waals surface area contributed by atoms with E-state index in [4.69, 9.17) is 11.8 Å². The average Bonchev–Trinajstić information content (AvgIpc) is 2.47. The van der Waals surface area contributed by atoms with Gasteiger partial charge in [0.1, 0.15) is 5.54 Å². The van der Waals surface area contributed by atoms with E-state index >= 15 is 0 Å². The zero-order valence-electron chi connectivity index (χ0n) is 13.0. The molecule has 0 N–H and O–H groups in total. The summed E-state index contributed by atoms with van der Waals surface area (Å²) in [4.78, 5) is 24.5. The first-order valence-electron chi connectivity index (χ1n) is 6.24. The number of amides is 3. The summed E-state index contributed by atoms with van der Waals surface area (Å²) in [7, 11) is -8.18. The number of urea groups is 1. The van der Waals surface area contributed by atoms with Crippen LogP contribution in [0.1, 0.15) is 20.3 Å². The van der Waals surface area contributed by atoms with E-state index in [9.17, 15) is 31.0 Å². The van der Waals surface area contributed by atoms with Gasteiger partial charge in [-0.2, -0.15) is 0 Å². The molecule has 128 valence electrons. The molecule has 0 bridgehead atoms. The SMILES string of the molecule is CC1(C)C(=O)N(CCS(=O)(=O)CCCS(=O)(=O)[O-])C(=O)N1Cl.[Cs+]. The van der Waals surface area contributed by atoms with Crippen LogP contribution < -0.4 is 68.9 Å². The van der Waals surface area contributed by atoms with Crippen LogP contribution in [-0.4, -0.2) is 72.0 Å². The van der Waals surface area contributed by atoms with Gasteiger partial charge in [0.2, 0.25) is 0 Å². The maximum Gasteiger partial charge on any atom is 1.00 e. The van der Waals surface area contributed by atoms with E-state index in [1.165, 1.54) is 13.8 Å². The number of imide groups is 1. The summed E-state index contributed by atoms with van der Waals surface area (Å²) < 4.78 is 55.4. The van der Waals surface area contributed by atoms with E-state index < -0.39 is 54.7 Å². The van der Waals surface area contributed by atoms with Crippen molar-refractivity contribution in [2.24, 2.45) is 0 Å². The zero-order chi connectivity index (χ0) is 17.3. The number of sulfone groups is 1. The van der Waals surface area contributed by atoms with Crippen LogP contribution in [0.5, 0.6) is 0 Å². The molecule has 1 aliphatic rings. The molecule has 0 spiro atoms. The second-order valence-corrected chi connectivity index (χ2v) is 9.51. The molecular weight excluding hydrogens is 493 g/mol. The topological polar surface area (TPSA) is 132 Å². The van der Waals surface area contributed by atoms with Gasteiger partial charge in [0.15, 0.2) is 9.84 Å². The van der Waals surface area contributed by atoms with Crippen molar-refractivity contribution in [3.05, 3.63) is 0 Å². The Balaban J connectivity index is 0.00000484. The minimum Gasteiger partial charge on any atom is -0.748 e. The Labute approximate surface area is 199 Å². The van der Waals surface area contributed by atoms with Crippen molar-refractivity contribution in [1.82, 2.24) is 9.32 Å². The monoisotopic (exact) mass is 508 g/mol. The fraction of sp³-hybridized carbons (Fsp3) is 0.800. The second kappa shape index (κ2) is 8.69. The van der Waals surface area contributed by atoms with E-state index in [-0.39, 0.29) is 81.9 Å². The van der Waals surface area contributed by atoms with Crippen molar-refractivity contribution >= 4 is 43.7 Å². The molecule has 9 nitrogen and oxygen atoms in total. The number of carbonyl (C=O) groups is 2. The van der Waals surface area contributed by atoms with Crippen LogP contribution in [-0.2, 0) is 24.7 Å². The zero-order valence-corrected chi connectivity index (χ0v) is 21.7. The van der Waals surface area contributed by atoms with E-state index in [0.717, 1.165) is 4.90 Å². The number of hydrogen-bond donors (Lipinski definition) is 0. The third-order valence-corrected chi connectivity index (χ3v) is 6.20. The first-order valence-corrected chi connectivity index (χ1v) is 9.97. The van der Waals surface area contributed by atoms with Gasteiger partial charge in [0.05, 0.1) is 21.6 Å². The van der Waals surface area contributed by atoms with Gasteiger partial charge in [-0.3, -0.25) is 9.69 Å². The first kappa shape index (κ1) is 24.1. The Morgan fingerprint density at radius 3 is 2.00 bits per heavy atom. The van der Waals surface area contributed by atoms with E-state index in [2.05, 4.69) is 0 Å². The van der Waals surface area contributed by atoms with Gasteiger partial charge < -0.3 is 4.55 Å². The predicted molar refractivity (Wildman–Crippen MR) is 76.7 cm³/mol. The largest absolute Gasteiger partial charge is 1.00 e. The standard InChI is InChI=1S/C10H17ClN2O7S2.Cs/c1-10(2)8(14)12(9(15)13(10)11)4-7-21(16,17)5-3-6-22(18,19)20;/h3-7H2,1-2H3,(H,18,19,20);/q;+1/p-1. The number of nitrogens with zero attached hydrogens (tertiary/aromatic N) is 2. The summed E-state index contributed by atoms with van der Waals surface area (Å²) in [6, 6.07) is -0.811. The van der Waals surface area contributed by atoms with Crippen LogP contribution in [0.4, 0.5) is 4.79 Å². The van der Waals surface area contributed by atoms with Crippen LogP contribution >= 0.6 is 11.8 Å². The van der Waals surface area contributed by atoms with Crippen LogP contribution in [0.25, 0.3) is 0 Å². The number of halogens is 1. The Hall–Kier alpha value is 1.14. The molecule has 0 unspecified atom stereocenters. The summed E-state index contributed by atoms with van der Waals surface area (Å²) >= 11 is 5.70. The quantitative estimate of drug-likeness (QED) is 0.198. The minimum absolute atomic E-state index is 0. The van der Waals surface area contributed by atoms with Crippen LogP contribution in [0.3, 0.4) is 0 Å². The van der Waals surface area contributed by atoms with Crippen LogP contribution in [0, 0.1) is 0 Å². The second-order valence-electron chi connectivity index (χ2n) is 5.35. The number of rotatable bonds is 7. The third kappa shape index (κ3) is 6.75. The smallest absolute Gasteiger partial charge is 0.748 e. The molecule has 3 amide bonds. The van der Waals surface area contributed by atoms with Crippen molar-refractivity contribution in [3.63, 3.8) is 0 Å². The average molecular weight is 509 g/mol. The fourth-order valence-corrected chi connectivity index (χ4v) is 3.92. The summed E-state index contributed by atoms with van der Waals surface area (Å²) in [6.45, 7) is 2.47. The number of hydrogen-bond acceptors (Lipinski definition) is 7. The molecule has 0 aliphatic carbocycles. The Kier molecular flexibility index (Phi) is 9.12. The maximum atomic E-state index is 12.0. The van der Waals surface area contributed by atoms with E-state index in [1.54, 1.807) is 0 Å². The van der Waals surface area contributed by atoms with Crippen molar-refractivity contribution < 1.29 is 99.9 Å². The Bertz CT molecular complexity index is 677. The molecule has 1 rings (SSSR count). The minimum atomic E-state index is -4.47. The Morgan fingerprint density at radius 2 is 1.61 bits per heavy atom. The van der Waals surface area contributed by atoms with Crippen molar-refractivity contribution in [2.45, 2.75) is 25.8 Å². The van der Waals surface area contributed by atoms with Gasteiger partial charge >= 0.3 is 74.9 Å². The molecule has 0 saturated carbocycles. The molecule has 1 fully saturated rings. The van der Waals surface area contributed by atoms with Gasteiger partial charge in [0.25, 0.3) is 5.91 Å². The van der Waals surface area contributed by atoms with Gasteiger partial charge in [-0.1, -0.05) is 0 Å². The van der Waals surface area contributed by atoms with Crippen molar-refractivity contribution in [1.29, 1.82) is 0 Å². The van der Waals surface area contributed by atoms with Gasteiger partial charge in [-0.15, -0.1) is 0 Å². The van der Waals surface area contributed by atoms with Crippen molar-refractivity contribution in [2.75, 3.05) is 23.8 Å². The van der Waals surface area contributed by atoms with E-state index in [1.807, 2.05) is 0 Å². The molecule has 23 heavy (non-hydrogen) atoms. The molecule has 0 aromatic rings. The van der Waals surface area contributed by atoms with Crippen molar-refractivity contribution in [3.8, 4) is 0 Å². The normalized spacial score (nSPS) is 18.3. The molecule has 1 saturated heterocycles. The molecule has 0 aromatic carbocycles. The first-order chi connectivity index (χ1) is 9.78. The molecule has 13 heteroatoms. The Morgan fingerprint density at radius 1 is 1.09 bits per heavy atom. The number of carbonyl (C=O) groups excluding carboxylic acids is 2. The van der Waals surface area contributed by atoms with Gasteiger partial charge in [0, 0.05) is 24.1 Å². The predicted octanol–water partition coefficient (Wildman–Crippen LogP) is -3.46. The third-order valence-electron chi connectivity index (χ3n) is 3.13. The summed E-state index contributed by atoms with van der Waals surface area (Å²) in [6.07, 6.45) is -0.330. The molecule has 1 heterocycles. The molecular formula is C10H16ClCsN2O7S2. The maximum absolute atomic E-state index is 12.0. The molecule has 1 aliphatic heterocycles. The molecule has 0 aromatic heterocycles. The summed E-state index contributed by atoms with van der Waals surface area (Å²) in [5.74, 6) is -2.44. The van der Waals surface area contributed by atoms with E-state index in [0.29, 0.717) is 4.42 Å². The molecule has 0 radical (unpaired) electrons. The molecule has 0 atom stereocenters. The summed E-state index contributed by atoms with van der Waals surface area (Å²) in [5, 5.41) is 0.